The molecule has 0 unspecified atom stereocenters. The van der Waals surface area contributed by atoms with Crippen molar-refractivity contribution in [2.45, 2.75) is 19.4 Å². The van der Waals surface area contributed by atoms with E-state index in [0.717, 1.165) is 6.92 Å². The molecule has 0 aliphatic carbocycles. The minimum absolute atomic E-state index is 0. The number of aliphatic hydroxyl groups excluding tert-OH is 1. The van der Waals surface area contributed by atoms with Crippen molar-refractivity contribution in [1.29, 1.82) is 0 Å². The smallest absolute Gasteiger partial charge is 0.327 e. The lowest BCUT2D eigenvalue weighted by molar-refractivity contribution is -0.873. The molecule has 0 aromatic rings. The number of aliphatic hydroxyl groups is 1. The van der Waals surface area contributed by atoms with E-state index in [-0.39, 0.29) is 25.4 Å². The Labute approximate surface area is 124 Å². The van der Waals surface area contributed by atoms with E-state index in [0.29, 0.717) is 11.0 Å². The summed E-state index contributed by atoms with van der Waals surface area (Å²) < 4.78 is 4.55. The van der Waals surface area contributed by atoms with Crippen LogP contribution >= 0.6 is 12.4 Å². The van der Waals surface area contributed by atoms with Gasteiger partial charge in [0.15, 0.2) is 0 Å². The summed E-state index contributed by atoms with van der Waals surface area (Å²) in [6.07, 6.45) is -1.09. The van der Waals surface area contributed by atoms with Gasteiger partial charge < -0.3 is 30.0 Å². The van der Waals surface area contributed by atoms with Gasteiger partial charge >= 0.3 is 11.9 Å². The van der Waals surface area contributed by atoms with Crippen molar-refractivity contribution in [3.63, 3.8) is 0 Å². The maximum absolute atomic E-state index is 10.1. The number of esters is 2. The normalized spacial score (nSPS) is 11.3. The molecule has 3 N–H and O–H groups in total. The molecule has 0 saturated heterocycles. The molecule has 1 atom stereocenters. The van der Waals surface area contributed by atoms with Gasteiger partial charge in [-0.15, -0.1) is 12.4 Å². The van der Waals surface area contributed by atoms with Crippen LogP contribution in [0.4, 0.5) is 0 Å². The standard InChI is InChI=1S/C7H15NO3.C4H7NO3.ClH/c1-8(2,3)5-6(9)4-7(10)11;1-3(6)8-4(7)2-5;/h6,9H,4-5H2,1-3H3;2,5H2,1H3;1H/t6-;;/m1../s1. The van der Waals surface area contributed by atoms with E-state index in [1.807, 2.05) is 21.1 Å². The van der Waals surface area contributed by atoms with E-state index in [4.69, 9.17) is 10.8 Å². The van der Waals surface area contributed by atoms with Crippen LogP contribution in [-0.2, 0) is 19.1 Å². The second-order valence-electron chi connectivity index (χ2n) is 4.87. The Hall–Kier alpha value is -1.22. The molecule has 0 aromatic carbocycles. The van der Waals surface area contributed by atoms with Crippen LogP contribution in [0, 0.1) is 0 Å². The van der Waals surface area contributed by atoms with Gasteiger partial charge in [-0.25, -0.2) is 0 Å². The Balaban J connectivity index is -0.000000288. The topological polar surface area (TPSA) is 130 Å². The van der Waals surface area contributed by atoms with Crippen molar-refractivity contribution in [2.75, 3.05) is 34.2 Å². The van der Waals surface area contributed by atoms with Crippen LogP contribution < -0.4 is 10.8 Å². The van der Waals surface area contributed by atoms with Crippen molar-refractivity contribution in [2.24, 2.45) is 5.73 Å². The lowest BCUT2D eigenvalue weighted by atomic mass is 10.2. The third kappa shape index (κ3) is 22.0. The molecular weight excluding hydrogens is 292 g/mol. The highest BCUT2D eigenvalue weighted by atomic mass is 35.5. The third-order valence-corrected chi connectivity index (χ3v) is 1.58. The van der Waals surface area contributed by atoms with Gasteiger partial charge in [-0.2, -0.15) is 0 Å². The number of likely N-dealkylation sites (N-methyl/N-ethyl adjacent to an activating group) is 1. The molecule has 9 heteroatoms. The molecule has 0 saturated carbocycles. The van der Waals surface area contributed by atoms with Crippen LogP contribution in [0.3, 0.4) is 0 Å². The molecule has 0 amide bonds. The van der Waals surface area contributed by atoms with E-state index in [1.165, 1.54) is 0 Å². The van der Waals surface area contributed by atoms with Crippen LogP contribution in [0.25, 0.3) is 0 Å². The third-order valence-electron chi connectivity index (χ3n) is 1.58. The number of nitrogens with zero attached hydrogens (tertiary/aromatic N) is 1. The van der Waals surface area contributed by atoms with Crippen LogP contribution in [0.5, 0.6) is 0 Å². The minimum atomic E-state index is -1.20. The highest BCUT2D eigenvalue weighted by Gasteiger charge is 2.14. The summed E-state index contributed by atoms with van der Waals surface area (Å²) in [5, 5.41) is 19.1. The summed E-state index contributed by atoms with van der Waals surface area (Å²) >= 11 is 0. The summed E-state index contributed by atoms with van der Waals surface area (Å²) in [4.78, 5) is 30.0. The van der Waals surface area contributed by atoms with E-state index in [9.17, 15) is 19.5 Å². The Morgan fingerprint density at radius 1 is 1.30 bits per heavy atom. The number of halogens is 1. The molecule has 0 radical (unpaired) electrons. The van der Waals surface area contributed by atoms with E-state index < -0.39 is 24.0 Å². The second kappa shape index (κ2) is 11.6. The molecule has 120 valence electrons. The number of hydrogen-bond acceptors (Lipinski definition) is 7. The summed E-state index contributed by atoms with van der Waals surface area (Å²) in [7, 11) is 5.66. The second-order valence-corrected chi connectivity index (χ2v) is 4.87. The van der Waals surface area contributed by atoms with Crippen LogP contribution in [0.2, 0.25) is 0 Å². The number of carbonyl (C=O) groups excluding carboxylic acids is 3. The first kappa shape index (κ1) is 23.8. The van der Waals surface area contributed by atoms with Crippen LogP contribution in [0.15, 0.2) is 0 Å². The summed E-state index contributed by atoms with van der Waals surface area (Å²) in [5.74, 6) is -2.52. The average molecular weight is 315 g/mol. The first-order valence-electron chi connectivity index (χ1n) is 5.57. The first-order chi connectivity index (χ1) is 8.47. The summed E-state index contributed by atoms with van der Waals surface area (Å²) in [5.41, 5.74) is 4.79. The number of carboxylic acid groups (broad SMARTS) is 1. The Morgan fingerprint density at radius 3 is 1.95 bits per heavy atom. The zero-order valence-electron chi connectivity index (χ0n) is 12.1. The zero-order chi connectivity index (χ0) is 15.6. The van der Waals surface area contributed by atoms with Gasteiger partial charge in [-0.3, -0.25) is 9.59 Å². The molecule has 0 spiro atoms. The van der Waals surface area contributed by atoms with Gasteiger partial charge in [0.1, 0.15) is 12.6 Å². The number of rotatable bonds is 5. The van der Waals surface area contributed by atoms with Crippen LogP contribution in [-0.4, -0.2) is 67.8 Å². The fourth-order valence-corrected chi connectivity index (χ4v) is 1.09. The first-order valence-corrected chi connectivity index (χ1v) is 5.57. The number of nitrogens with two attached hydrogens (primary N) is 1. The fourth-order valence-electron chi connectivity index (χ4n) is 1.09. The quantitative estimate of drug-likeness (QED) is 0.330. The largest absolute Gasteiger partial charge is 0.550 e. The minimum Gasteiger partial charge on any atom is -0.550 e. The molecule has 20 heavy (non-hydrogen) atoms. The van der Waals surface area contributed by atoms with Gasteiger partial charge in [0, 0.05) is 19.3 Å². The molecular formula is C11H23ClN2O6. The van der Waals surface area contributed by atoms with Gasteiger partial charge in [-0.05, 0) is 0 Å². The van der Waals surface area contributed by atoms with Gasteiger partial charge in [-0.1, -0.05) is 0 Å². The summed E-state index contributed by atoms with van der Waals surface area (Å²) in [6.45, 7) is 1.32. The van der Waals surface area contributed by atoms with Gasteiger partial charge in [0.25, 0.3) is 0 Å². The predicted molar refractivity (Wildman–Crippen MR) is 71.6 cm³/mol. The van der Waals surface area contributed by atoms with Crippen LogP contribution in [0.1, 0.15) is 13.3 Å². The number of carbonyl (C=O) groups is 3. The van der Waals surface area contributed by atoms with Crippen molar-refractivity contribution >= 4 is 30.3 Å². The maximum atomic E-state index is 10.1. The van der Waals surface area contributed by atoms with E-state index >= 15 is 0 Å². The van der Waals surface area contributed by atoms with Crippen molar-refractivity contribution in [3.05, 3.63) is 0 Å². The Kier molecular flexibility index (Phi) is 13.8. The Morgan fingerprint density at radius 2 is 1.75 bits per heavy atom. The average Bonchev–Trinajstić information content (AvgIpc) is 2.12. The maximum Gasteiger partial charge on any atom is 0.327 e. The molecule has 8 nitrogen and oxygen atoms in total. The fraction of sp³-hybridized carbons (Fsp3) is 0.727. The number of aliphatic carboxylic acids is 1. The molecule has 0 aliphatic heterocycles. The SMILES string of the molecule is CC(=O)OC(=O)CN.C[N+](C)(C)C[C@H](O)CC(=O)[O-].Cl. The van der Waals surface area contributed by atoms with Crippen molar-refractivity contribution in [1.82, 2.24) is 0 Å². The van der Waals surface area contributed by atoms with E-state index in [2.05, 4.69) is 4.74 Å². The predicted octanol–water partition coefficient (Wildman–Crippen LogP) is -2.35. The molecule has 0 aliphatic rings. The molecule has 0 bridgehead atoms. The van der Waals surface area contributed by atoms with E-state index in [1.54, 1.807) is 0 Å². The Bertz CT molecular complexity index is 317. The lowest BCUT2D eigenvalue weighted by Gasteiger charge is -2.26. The number of ether oxygens (including phenoxy) is 1. The highest BCUT2D eigenvalue weighted by Crippen LogP contribution is 1.97. The number of carboxylic acids is 1. The molecule has 0 fully saturated rings. The molecule has 0 rings (SSSR count). The number of hydrogen-bond donors (Lipinski definition) is 2. The highest BCUT2D eigenvalue weighted by molar-refractivity contribution is 5.85. The molecule has 0 heterocycles. The van der Waals surface area contributed by atoms with Crippen molar-refractivity contribution in [3.8, 4) is 0 Å². The number of quaternary nitrogens is 1. The molecule has 0 aromatic heterocycles. The van der Waals surface area contributed by atoms with Gasteiger partial charge in [0.05, 0.1) is 27.7 Å². The zero-order valence-corrected chi connectivity index (χ0v) is 12.9. The van der Waals surface area contributed by atoms with Gasteiger partial charge in [0.2, 0.25) is 0 Å². The lowest BCUT2D eigenvalue weighted by Crippen LogP contribution is -2.43. The summed E-state index contributed by atoms with van der Waals surface area (Å²) in [6, 6.07) is 0. The van der Waals surface area contributed by atoms with Crippen molar-refractivity contribution < 1.29 is 33.8 Å². The monoisotopic (exact) mass is 314 g/mol.